The van der Waals surface area contributed by atoms with E-state index in [-0.39, 0.29) is 50.8 Å². The number of aromatic nitrogens is 8. The van der Waals surface area contributed by atoms with Gasteiger partial charge in [-0.25, -0.2) is 19.9 Å². The maximum absolute atomic E-state index is 10.0. The number of benzene rings is 12. The highest BCUT2D eigenvalue weighted by molar-refractivity contribution is 5.87. The molecule has 0 amide bonds. The lowest BCUT2D eigenvalue weighted by Crippen LogP contribution is -2.20. The molecule has 16 nitrogen and oxygen atoms in total. The van der Waals surface area contributed by atoms with E-state index >= 15 is 0 Å². The highest BCUT2D eigenvalue weighted by Crippen LogP contribution is 2.51. The molecule has 6 fully saturated rings. The van der Waals surface area contributed by atoms with E-state index in [4.69, 9.17) is 45.3 Å². The first-order valence-corrected chi connectivity index (χ1v) is 50.0. The lowest BCUT2D eigenvalue weighted by Gasteiger charge is -2.24. The predicted octanol–water partition coefficient (Wildman–Crippen LogP) is 28.1. The molecule has 16 aromatic rings. The quantitative estimate of drug-likeness (QED) is 0.0325. The van der Waals surface area contributed by atoms with Crippen LogP contribution in [0.15, 0.2) is 315 Å². The number of hydrogen-bond acceptors (Lipinski definition) is 12. The Labute approximate surface area is 811 Å². The Bertz CT molecular complexity index is 6740. The molecule has 0 radical (unpaired) electrons. The van der Waals surface area contributed by atoms with Crippen LogP contribution in [-0.4, -0.2) is 83.0 Å². The van der Waals surface area contributed by atoms with Crippen LogP contribution in [0.2, 0.25) is 0 Å². The van der Waals surface area contributed by atoms with E-state index in [1.165, 1.54) is 80.3 Å². The van der Waals surface area contributed by atoms with Crippen molar-refractivity contribution in [3.05, 3.63) is 338 Å². The van der Waals surface area contributed by atoms with Gasteiger partial charge in [0.25, 0.3) is 0 Å². The van der Waals surface area contributed by atoms with Crippen LogP contribution in [0.4, 0.5) is 0 Å². The van der Waals surface area contributed by atoms with E-state index in [1.807, 2.05) is 91.0 Å². The molecular formula is C122H124N8O8. The Hall–Kier alpha value is -13.9. The molecule has 0 atom stereocenters. The number of nitrogens with zero attached hydrogens (tertiary/aromatic N) is 8. The SMILES string of the molecule is C#CCn1c(-c2ccc(CO)c(OC3CCCC3)c2)nc(-c2ccccc2)c1-c1ccccc1.CC(C)Cn1c(-c2ccc(CO)c(OC3CCCC3)c2)nc(-c2ccccc2)c1-c1ccccc1.OCc1ccc(-c2nc(-c3ccccc3)c(-c3ccccc3)n2C2CC2)cc1OC1CCCC1.OCc1ccc(-c2nc(-c3ccccc3)c(-c3ccccc3)n2C2CC2)cc1OC1CCCCC1. The van der Waals surface area contributed by atoms with Gasteiger partial charge in [-0.2, -0.15) is 0 Å². The third-order valence-corrected chi connectivity index (χ3v) is 27.4. The number of rotatable bonds is 29. The van der Waals surface area contributed by atoms with Crippen LogP contribution >= 0.6 is 0 Å². The summed E-state index contributed by atoms with van der Waals surface area (Å²) in [6.45, 7) is 5.57. The molecule has 16 heteroatoms. The molecule has 0 spiro atoms. The van der Waals surface area contributed by atoms with Crippen LogP contribution in [0.1, 0.15) is 183 Å². The molecule has 4 aromatic heterocycles. The molecule has 0 bridgehead atoms. The zero-order chi connectivity index (χ0) is 94.1. The highest BCUT2D eigenvalue weighted by Gasteiger charge is 2.36. The molecule has 138 heavy (non-hydrogen) atoms. The average Bonchev–Trinajstić information content (AvgIpc) is 1.60. The van der Waals surface area contributed by atoms with Crippen molar-refractivity contribution in [3.63, 3.8) is 0 Å². The molecule has 6 aliphatic carbocycles. The van der Waals surface area contributed by atoms with Crippen molar-refractivity contribution in [1.82, 2.24) is 38.2 Å². The van der Waals surface area contributed by atoms with E-state index in [0.29, 0.717) is 24.5 Å². The van der Waals surface area contributed by atoms with Crippen LogP contribution < -0.4 is 18.9 Å². The number of aliphatic hydroxyl groups is 4. The lowest BCUT2D eigenvalue weighted by atomic mass is 9.97. The maximum Gasteiger partial charge on any atom is 0.142 e. The van der Waals surface area contributed by atoms with Crippen LogP contribution in [-0.2, 0) is 39.5 Å². The summed E-state index contributed by atoms with van der Waals surface area (Å²) in [7, 11) is 0. The fraction of sp³-hybridized carbons (Fsp3) is 0.295. The van der Waals surface area contributed by atoms with Gasteiger partial charge in [0.1, 0.15) is 46.3 Å². The molecule has 6 aliphatic rings. The van der Waals surface area contributed by atoms with Crippen molar-refractivity contribution in [2.24, 2.45) is 5.92 Å². The molecular weight excluding hydrogens is 1710 g/mol. The van der Waals surface area contributed by atoms with Gasteiger partial charge in [0.15, 0.2) is 0 Å². The van der Waals surface area contributed by atoms with Gasteiger partial charge in [0, 0.05) is 108 Å². The third kappa shape index (κ3) is 21.6. The fourth-order valence-corrected chi connectivity index (χ4v) is 20.1. The van der Waals surface area contributed by atoms with Crippen molar-refractivity contribution >= 4 is 0 Å². The Morgan fingerprint density at radius 1 is 0.275 bits per heavy atom. The summed E-state index contributed by atoms with van der Waals surface area (Å²) in [6, 6.07) is 109. The van der Waals surface area contributed by atoms with Crippen molar-refractivity contribution in [2.45, 2.75) is 225 Å². The van der Waals surface area contributed by atoms with Crippen LogP contribution in [0.3, 0.4) is 0 Å². The van der Waals surface area contributed by atoms with Gasteiger partial charge in [-0.15, -0.1) is 6.42 Å². The summed E-state index contributed by atoms with van der Waals surface area (Å²) in [4.78, 5) is 20.9. The van der Waals surface area contributed by atoms with Gasteiger partial charge in [-0.3, -0.25) is 0 Å². The van der Waals surface area contributed by atoms with Crippen LogP contribution in [0, 0.1) is 18.3 Å². The summed E-state index contributed by atoms with van der Waals surface area (Å²) in [5, 5.41) is 39.8. The summed E-state index contributed by atoms with van der Waals surface area (Å²) in [5.74, 6) is 10.0. The summed E-state index contributed by atoms with van der Waals surface area (Å²) >= 11 is 0. The van der Waals surface area contributed by atoms with E-state index in [2.05, 4.69) is 262 Å². The third-order valence-electron chi connectivity index (χ3n) is 27.4. The zero-order valence-electron chi connectivity index (χ0n) is 79.2. The Balaban J connectivity index is 0.000000118. The topological polar surface area (TPSA) is 189 Å². The van der Waals surface area contributed by atoms with E-state index in [0.717, 1.165) is 242 Å². The molecule has 6 saturated carbocycles. The second kappa shape index (κ2) is 44.5. The standard InChI is InChI=1S/C31H32N2O2.C31H34N2O2.C30H30N2O2.C30H28N2O2/c34-21-25-17-16-24(20-28(25)35-27-14-8-3-9-15-27)31-32-29(22-10-4-1-5-11-22)30(33(31)26-18-19-26)23-12-6-2-7-13-23;1-22(2)20-33-30(24-13-7-4-8-14-24)29(23-11-5-3-6-12-23)32-31(33)25-17-18-26(21-34)28(19-25)35-27-15-9-10-16-27;33-20-24-16-15-23(19-27(24)34-26-13-7-8-14-26)30-31-28(21-9-3-1-4-10-21)29(32(30)25-17-18-25)22-11-5-2-6-12-22;1-2-19-32-29(23-13-7-4-8-14-23)28(22-11-5-3-6-12-22)31-30(32)24-17-18-25(21-33)27(20-24)34-26-15-9-10-16-26/h1-2,4-7,10-13,16-17,20,26-27,34H,3,8-9,14-15,18-19,21H2;3-8,11-14,17-19,22,27,34H,9-10,15-16,20-21H2,1-2H3;1-6,9-12,15-16,19,25-26,33H,7-8,13-14,17-18,20H2;1,3-8,11-14,17-18,20,26,33H,9-10,15-16,19,21H2. The summed E-state index contributed by atoms with van der Waals surface area (Å²) in [6.07, 6.45) is 30.9. The van der Waals surface area contributed by atoms with E-state index in [9.17, 15) is 20.4 Å². The minimum Gasteiger partial charge on any atom is -0.490 e. The Morgan fingerprint density at radius 3 is 0.768 bits per heavy atom. The first-order chi connectivity index (χ1) is 68.0. The highest BCUT2D eigenvalue weighted by atomic mass is 16.5. The normalized spacial score (nSPS) is 15.1. The number of ether oxygens (including phenoxy) is 4. The van der Waals surface area contributed by atoms with Gasteiger partial charge < -0.3 is 57.6 Å². The molecule has 12 aromatic carbocycles. The van der Waals surface area contributed by atoms with E-state index in [1.54, 1.807) is 0 Å². The number of terminal acetylenes is 1. The number of hydrogen-bond donors (Lipinski definition) is 4. The fourth-order valence-electron chi connectivity index (χ4n) is 20.1. The van der Waals surface area contributed by atoms with Gasteiger partial charge in [-0.1, -0.05) is 317 Å². The predicted molar refractivity (Wildman–Crippen MR) is 554 cm³/mol. The molecule has 0 saturated heterocycles. The zero-order valence-corrected chi connectivity index (χ0v) is 79.2. The first-order valence-electron chi connectivity index (χ1n) is 50.0. The van der Waals surface area contributed by atoms with Crippen molar-refractivity contribution < 1.29 is 39.4 Å². The molecule has 22 rings (SSSR count). The summed E-state index contributed by atoms with van der Waals surface area (Å²) in [5.41, 5.74) is 24.6. The molecule has 4 heterocycles. The Morgan fingerprint density at radius 2 is 0.507 bits per heavy atom. The monoisotopic (exact) mass is 1830 g/mol. The van der Waals surface area contributed by atoms with Crippen LogP contribution in [0.5, 0.6) is 23.0 Å². The first kappa shape index (κ1) is 93.1. The second-order valence-corrected chi connectivity index (χ2v) is 37.8. The molecule has 0 aliphatic heterocycles. The maximum atomic E-state index is 10.0. The average molecular weight is 1830 g/mol. The molecule has 0 unspecified atom stereocenters. The van der Waals surface area contributed by atoms with Crippen molar-refractivity contribution in [3.8, 4) is 171 Å². The lowest BCUT2D eigenvalue weighted by molar-refractivity contribution is 0.150. The molecule has 4 N–H and O–H groups in total. The van der Waals surface area contributed by atoms with Crippen molar-refractivity contribution in [1.29, 1.82) is 0 Å². The molecule has 700 valence electrons. The number of imidazole rings is 4. The van der Waals surface area contributed by atoms with Gasteiger partial charge >= 0.3 is 0 Å². The van der Waals surface area contributed by atoms with Gasteiger partial charge in [-0.05, 0) is 159 Å². The van der Waals surface area contributed by atoms with Gasteiger partial charge in [0.2, 0.25) is 0 Å². The second-order valence-electron chi connectivity index (χ2n) is 37.8. The van der Waals surface area contributed by atoms with Crippen LogP contribution in [0.25, 0.3) is 136 Å². The van der Waals surface area contributed by atoms with Crippen molar-refractivity contribution in [2.75, 3.05) is 0 Å². The largest absolute Gasteiger partial charge is 0.490 e. The summed E-state index contributed by atoms with van der Waals surface area (Å²) < 4.78 is 34.9. The van der Waals surface area contributed by atoms with Gasteiger partial charge in [0.05, 0.1) is 103 Å². The smallest absolute Gasteiger partial charge is 0.142 e. The minimum absolute atomic E-state index is 0.0239. The van der Waals surface area contributed by atoms with E-state index < -0.39 is 0 Å². The Kier molecular flexibility index (Phi) is 30.0. The number of aliphatic hydroxyl groups excluding tert-OH is 4. The minimum atomic E-state index is -0.0638.